The number of hydrogen-bond acceptors (Lipinski definition) is 6. The summed E-state index contributed by atoms with van der Waals surface area (Å²) >= 11 is 15.0. The number of benzene rings is 2. The highest BCUT2D eigenvalue weighted by atomic mass is 79.9. The van der Waals surface area contributed by atoms with Gasteiger partial charge < -0.3 is 19.7 Å². The quantitative estimate of drug-likeness (QED) is 0.588. The lowest BCUT2D eigenvalue weighted by Gasteiger charge is -2.29. The summed E-state index contributed by atoms with van der Waals surface area (Å²) in [6.45, 7) is 6.90. The lowest BCUT2D eigenvalue weighted by molar-refractivity contribution is 0.109. The topological polar surface area (TPSA) is 67.9 Å². The van der Waals surface area contributed by atoms with Crippen molar-refractivity contribution in [1.29, 1.82) is 0 Å². The van der Waals surface area contributed by atoms with Gasteiger partial charge in [0, 0.05) is 41.8 Å². The Morgan fingerprint density at radius 2 is 1.39 bits per heavy atom. The van der Waals surface area contributed by atoms with Crippen LogP contribution >= 0.6 is 39.1 Å². The zero-order valence-corrected chi connectivity index (χ0v) is 20.1. The van der Waals surface area contributed by atoms with Crippen LogP contribution in [-0.4, -0.2) is 65.2 Å². The molecule has 0 spiro atoms. The second-order valence-electron chi connectivity index (χ2n) is 6.58. The fourth-order valence-electron chi connectivity index (χ4n) is 2.75. The van der Waals surface area contributed by atoms with Crippen LogP contribution in [0.25, 0.3) is 0 Å². The molecule has 0 amide bonds. The monoisotopic (exact) mass is 530 g/mol. The third-order valence-electron chi connectivity index (χ3n) is 4.38. The minimum absolute atomic E-state index is 0.616. The van der Waals surface area contributed by atoms with Gasteiger partial charge in [0.05, 0.1) is 42.2 Å². The molecule has 168 valence electrons. The lowest BCUT2D eigenvalue weighted by Crippen LogP contribution is -2.36. The molecule has 0 aliphatic carbocycles. The highest BCUT2D eigenvalue weighted by molar-refractivity contribution is 9.10. The number of morpholine rings is 2. The van der Waals surface area contributed by atoms with E-state index in [1.165, 1.54) is 0 Å². The van der Waals surface area contributed by atoms with Crippen LogP contribution in [0.5, 0.6) is 0 Å². The Bertz CT molecular complexity index is 833. The van der Waals surface area contributed by atoms with Crippen molar-refractivity contribution in [2.45, 2.75) is 0 Å². The van der Waals surface area contributed by atoms with E-state index in [9.17, 15) is 9.59 Å². The Labute approximate surface area is 200 Å². The van der Waals surface area contributed by atoms with Crippen molar-refractivity contribution in [3.05, 3.63) is 62.0 Å². The van der Waals surface area contributed by atoms with Crippen molar-refractivity contribution in [3.8, 4) is 0 Å². The third kappa shape index (κ3) is 9.27. The molecular formula is C22H25BrCl2N2O4. The molecule has 2 fully saturated rings. The predicted octanol–water partition coefficient (Wildman–Crippen LogP) is 4.51. The molecule has 0 aromatic heterocycles. The molecular weight excluding hydrogens is 507 g/mol. The summed E-state index contributed by atoms with van der Waals surface area (Å²) in [5.74, 6) is 0. The largest absolute Gasteiger partial charge is 0.379 e. The van der Waals surface area contributed by atoms with Gasteiger partial charge in [0.25, 0.3) is 0 Å². The van der Waals surface area contributed by atoms with Crippen molar-refractivity contribution >= 4 is 57.4 Å². The molecule has 6 nitrogen and oxygen atoms in total. The number of halogens is 3. The van der Waals surface area contributed by atoms with Crippen LogP contribution in [0.1, 0.15) is 20.7 Å². The Morgan fingerprint density at radius 3 is 1.87 bits per heavy atom. The number of rotatable bonds is 3. The molecule has 0 atom stereocenters. The number of nitrogens with one attached hydrogen (secondary N) is 1. The predicted molar refractivity (Wildman–Crippen MR) is 128 cm³/mol. The Morgan fingerprint density at radius 1 is 0.839 bits per heavy atom. The molecule has 0 saturated carbocycles. The first-order valence-corrected chi connectivity index (χ1v) is 11.4. The second kappa shape index (κ2) is 14.6. The van der Waals surface area contributed by atoms with Crippen molar-refractivity contribution < 1.29 is 19.1 Å². The van der Waals surface area contributed by atoms with E-state index in [4.69, 9.17) is 32.7 Å². The lowest BCUT2D eigenvalue weighted by atomic mass is 10.2. The summed E-state index contributed by atoms with van der Waals surface area (Å²) in [6.07, 6.45) is 1.61. The van der Waals surface area contributed by atoms with Crippen molar-refractivity contribution in [1.82, 2.24) is 5.32 Å². The summed E-state index contributed by atoms with van der Waals surface area (Å²) in [6, 6.07) is 10.3. The maximum atomic E-state index is 10.7. The molecule has 1 N–H and O–H groups in total. The highest BCUT2D eigenvalue weighted by Crippen LogP contribution is 2.27. The molecule has 2 aromatic carbocycles. The van der Waals surface area contributed by atoms with Crippen LogP contribution in [0, 0.1) is 0 Å². The smallest absolute Gasteiger partial charge is 0.150 e. The zero-order valence-electron chi connectivity index (χ0n) is 17.0. The van der Waals surface area contributed by atoms with Gasteiger partial charge in [-0.25, -0.2) is 0 Å². The molecule has 31 heavy (non-hydrogen) atoms. The Kier molecular flexibility index (Phi) is 12.1. The minimum Gasteiger partial charge on any atom is -0.379 e. The van der Waals surface area contributed by atoms with Gasteiger partial charge in [0.2, 0.25) is 0 Å². The molecule has 0 bridgehead atoms. The molecule has 0 radical (unpaired) electrons. The van der Waals surface area contributed by atoms with Gasteiger partial charge in [0.15, 0.2) is 0 Å². The molecule has 2 saturated heterocycles. The van der Waals surface area contributed by atoms with E-state index in [-0.39, 0.29) is 0 Å². The van der Waals surface area contributed by atoms with Crippen LogP contribution in [-0.2, 0) is 9.47 Å². The van der Waals surface area contributed by atoms with Gasteiger partial charge in [0.1, 0.15) is 12.6 Å². The summed E-state index contributed by atoms with van der Waals surface area (Å²) < 4.78 is 11.0. The fourth-order valence-corrected chi connectivity index (χ4v) is 3.50. The number of nitrogens with zero attached hydrogens (tertiary/aromatic N) is 1. The van der Waals surface area contributed by atoms with Crippen LogP contribution in [0.3, 0.4) is 0 Å². The first kappa shape index (κ1) is 25.8. The zero-order chi connectivity index (χ0) is 22.5. The minimum atomic E-state index is 0.616. The van der Waals surface area contributed by atoms with E-state index >= 15 is 0 Å². The highest BCUT2D eigenvalue weighted by Gasteiger charge is 2.14. The van der Waals surface area contributed by atoms with Gasteiger partial charge in [-0.15, -0.1) is 0 Å². The van der Waals surface area contributed by atoms with Gasteiger partial charge in [-0.05, 0) is 40.2 Å². The van der Waals surface area contributed by atoms with E-state index < -0.39 is 0 Å². The average Bonchev–Trinajstić information content (AvgIpc) is 2.84. The number of aldehydes is 2. The molecule has 0 unspecified atom stereocenters. The van der Waals surface area contributed by atoms with E-state index in [0.717, 1.165) is 62.1 Å². The summed E-state index contributed by atoms with van der Waals surface area (Å²) in [4.78, 5) is 23.0. The van der Waals surface area contributed by atoms with E-state index in [1.54, 1.807) is 30.3 Å². The molecule has 4 rings (SSSR count). The van der Waals surface area contributed by atoms with E-state index in [2.05, 4.69) is 26.1 Å². The maximum absolute atomic E-state index is 10.7. The average molecular weight is 532 g/mol. The molecule has 2 aromatic rings. The number of hydrogen-bond donors (Lipinski definition) is 1. The van der Waals surface area contributed by atoms with Gasteiger partial charge >= 0.3 is 0 Å². The number of carbonyl (C=O) groups excluding carboxylic acids is 2. The van der Waals surface area contributed by atoms with Crippen molar-refractivity contribution in [3.63, 3.8) is 0 Å². The van der Waals surface area contributed by atoms with Crippen LogP contribution < -0.4 is 10.2 Å². The summed E-state index contributed by atoms with van der Waals surface area (Å²) in [5, 5.41) is 4.46. The number of anilines is 1. The SMILES string of the molecule is C1COCCN1.O=Cc1ccc(Cl)c(Br)c1.O=Cc1ccc(Cl)c(N2CCOCC2)c1. The molecule has 2 aliphatic heterocycles. The molecule has 2 heterocycles. The van der Waals surface area contributed by atoms with Crippen molar-refractivity contribution in [2.24, 2.45) is 0 Å². The first-order valence-electron chi connectivity index (χ1n) is 9.81. The second-order valence-corrected chi connectivity index (χ2v) is 8.25. The molecule has 2 aliphatic rings. The van der Waals surface area contributed by atoms with Crippen molar-refractivity contribution in [2.75, 3.05) is 57.5 Å². The number of ether oxygens (including phenoxy) is 2. The summed E-state index contributed by atoms with van der Waals surface area (Å²) in [5.41, 5.74) is 2.20. The van der Waals surface area contributed by atoms with E-state index in [1.807, 2.05) is 6.07 Å². The van der Waals surface area contributed by atoms with Crippen LogP contribution in [0.4, 0.5) is 5.69 Å². The fraction of sp³-hybridized carbons (Fsp3) is 0.364. The van der Waals surface area contributed by atoms with Crippen LogP contribution in [0.2, 0.25) is 10.0 Å². The van der Waals surface area contributed by atoms with E-state index in [0.29, 0.717) is 34.4 Å². The third-order valence-corrected chi connectivity index (χ3v) is 5.92. The normalized spacial score (nSPS) is 15.6. The summed E-state index contributed by atoms with van der Waals surface area (Å²) in [7, 11) is 0. The Balaban J connectivity index is 0.000000183. The van der Waals surface area contributed by atoms with Crippen LogP contribution in [0.15, 0.2) is 40.9 Å². The van der Waals surface area contributed by atoms with Gasteiger partial charge in [-0.1, -0.05) is 35.3 Å². The van der Waals surface area contributed by atoms with Gasteiger partial charge in [-0.3, -0.25) is 9.59 Å². The number of carbonyl (C=O) groups is 2. The first-order chi connectivity index (χ1) is 15.0. The van der Waals surface area contributed by atoms with Gasteiger partial charge in [-0.2, -0.15) is 0 Å². The molecule has 9 heteroatoms. The standard InChI is InChI=1S/C11H12ClNO2.C7H4BrClO.C4H9NO/c12-10-2-1-9(8-14)7-11(10)13-3-5-15-6-4-13;8-6-3-5(4-10)1-2-7(6)9;1-3-6-4-2-5-1/h1-2,7-8H,3-6H2;1-4H;5H,1-4H2. The Hall–Kier alpha value is -1.48. The maximum Gasteiger partial charge on any atom is 0.150 e.